The normalized spacial score (nSPS) is 29.6. The van der Waals surface area contributed by atoms with Gasteiger partial charge in [0.15, 0.2) is 0 Å². The average Bonchev–Trinajstić information content (AvgIpc) is 2.36. The Hall–Kier alpha value is -0.340. The first-order chi connectivity index (χ1) is 5.72. The molecule has 0 spiro atoms. The van der Waals surface area contributed by atoms with Crippen LogP contribution in [0.2, 0.25) is 0 Å². The van der Waals surface area contributed by atoms with E-state index in [9.17, 15) is 0 Å². The van der Waals surface area contributed by atoms with Gasteiger partial charge in [-0.2, -0.15) is 0 Å². The van der Waals surface area contributed by atoms with E-state index in [1.807, 2.05) is 6.08 Å². The summed E-state index contributed by atoms with van der Waals surface area (Å²) < 4.78 is 0. The number of hydrogen-bond donors (Lipinski definition) is 1. The van der Waals surface area contributed by atoms with Crippen LogP contribution in [0.15, 0.2) is 12.7 Å². The van der Waals surface area contributed by atoms with Crippen molar-refractivity contribution in [1.29, 1.82) is 0 Å². The molecule has 0 amide bonds. The molecule has 1 aliphatic rings. The molecule has 0 saturated heterocycles. The highest BCUT2D eigenvalue weighted by molar-refractivity contribution is 4.81. The zero-order chi connectivity index (χ0) is 8.97. The van der Waals surface area contributed by atoms with Crippen molar-refractivity contribution in [1.82, 2.24) is 4.90 Å². The van der Waals surface area contributed by atoms with Gasteiger partial charge in [-0.05, 0) is 32.2 Å². The molecule has 0 aromatic carbocycles. The van der Waals surface area contributed by atoms with Crippen LogP contribution in [0.1, 0.15) is 19.3 Å². The van der Waals surface area contributed by atoms with E-state index in [2.05, 4.69) is 18.5 Å². The van der Waals surface area contributed by atoms with Gasteiger partial charge in [-0.1, -0.05) is 6.08 Å². The minimum atomic E-state index is 0.465. The van der Waals surface area contributed by atoms with Crippen LogP contribution in [0.5, 0.6) is 0 Å². The van der Waals surface area contributed by atoms with Crippen molar-refractivity contribution in [3.63, 3.8) is 0 Å². The summed E-state index contributed by atoms with van der Waals surface area (Å²) in [5.74, 6) is 0.824. The fraction of sp³-hybridized carbons (Fsp3) is 0.800. The van der Waals surface area contributed by atoms with Gasteiger partial charge in [-0.25, -0.2) is 0 Å². The van der Waals surface area contributed by atoms with Gasteiger partial charge >= 0.3 is 0 Å². The number of rotatable bonds is 4. The average molecular weight is 168 g/mol. The van der Waals surface area contributed by atoms with E-state index in [1.165, 1.54) is 25.8 Å². The van der Waals surface area contributed by atoms with Gasteiger partial charge in [-0.3, -0.25) is 0 Å². The first kappa shape index (κ1) is 9.75. The van der Waals surface area contributed by atoms with E-state index in [4.69, 9.17) is 5.73 Å². The molecule has 0 aromatic rings. The van der Waals surface area contributed by atoms with E-state index in [0.29, 0.717) is 6.04 Å². The molecular weight excluding hydrogens is 148 g/mol. The summed E-state index contributed by atoms with van der Waals surface area (Å²) in [4.78, 5) is 2.32. The minimum Gasteiger partial charge on any atom is -0.328 e. The lowest BCUT2D eigenvalue weighted by Gasteiger charge is -2.18. The topological polar surface area (TPSA) is 29.3 Å². The van der Waals surface area contributed by atoms with Crippen LogP contribution in [-0.4, -0.2) is 31.1 Å². The van der Waals surface area contributed by atoms with E-state index < -0.39 is 0 Å². The lowest BCUT2D eigenvalue weighted by molar-refractivity contribution is 0.301. The molecule has 0 heterocycles. The number of hydrogen-bond acceptors (Lipinski definition) is 2. The Bertz CT molecular complexity index is 145. The Morgan fingerprint density at radius 3 is 2.83 bits per heavy atom. The largest absolute Gasteiger partial charge is 0.328 e. The highest BCUT2D eigenvalue weighted by Gasteiger charge is 2.22. The summed E-state index contributed by atoms with van der Waals surface area (Å²) in [6.45, 7) is 5.90. The lowest BCUT2D eigenvalue weighted by Crippen LogP contribution is -2.25. The number of nitrogens with two attached hydrogens (primary N) is 1. The number of nitrogens with zero attached hydrogens (tertiary/aromatic N) is 1. The summed E-state index contributed by atoms with van der Waals surface area (Å²) in [5, 5.41) is 0. The van der Waals surface area contributed by atoms with Crippen molar-refractivity contribution in [2.45, 2.75) is 25.3 Å². The van der Waals surface area contributed by atoms with Crippen LogP contribution < -0.4 is 5.73 Å². The van der Waals surface area contributed by atoms with Crippen molar-refractivity contribution in [3.05, 3.63) is 12.7 Å². The van der Waals surface area contributed by atoms with Crippen molar-refractivity contribution >= 4 is 0 Å². The SMILES string of the molecule is C=CCN(C)CC1CCC(N)C1. The Morgan fingerprint density at radius 2 is 2.33 bits per heavy atom. The highest BCUT2D eigenvalue weighted by Crippen LogP contribution is 2.24. The van der Waals surface area contributed by atoms with E-state index in [0.717, 1.165) is 12.5 Å². The van der Waals surface area contributed by atoms with E-state index in [-0.39, 0.29) is 0 Å². The summed E-state index contributed by atoms with van der Waals surface area (Å²) >= 11 is 0. The van der Waals surface area contributed by atoms with Crippen LogP contribution in [0.3, 0.4) is 0 Å². The summed E-state index contributed by atoms with van der Waals surface area (Å²) in [6.07, 6.45) is 5.69. The predicted molar refractivity (Wildman–Crippen MR) is 53.0 cm³/mol. The molecule has 0 aromatic heterocycles. The quantitative estimate of drug-likeness (QED) is 0.640. The Labute approximate surface area is 75.4 Å². The molecule has 2 heteroatoms. The van der Waals surface area contributed by atoms with Crippen LogP contribution in [0.25, 0.3) is 0 Å². The van der Waals surface area contributed by atoms with Gasteiger partial charge in [0.05, 0.1) is 0 Å². The van der Waals surface area contributed by atoms with Crippen molar-refractivity contribution in [3.8, 4) is 0 Å². The van der Waals surface area contributed by atoms with Gasteiger partial charge in [0.2, 0.25) is 0 Å². The maximum absolute atomic E-state index is 5.84. The van der Waals surface area contributed by atoms with Crippen molar-refractivity contribution in [2.75, 3.05) is 20.1 Å². The molecule has 1 rings (SSSR count). The first-order valence-corrected chi connectivity index (χ1v) is 4.77. The van der Waals surface area contributed by atoms with Gasteiger partial charge < -0.3 is 10.6 Å². The second kappa shape index (κ2) is 4.63. The van der Waals surface area contributed by atoms with Crippen LogP contribution >= 0.6 is 0 Å². The van der Waals surface area contributed by atoms with Gasteiger partial charge in [0, 0.05) is 19.1 Å². The van der Waals surface area contributed by atoms with Gasteiger partial charge in [0.25, 0.3) is 0 Å². The molecule has 0 bridgehead atoms. The molecule has 1 fully saturated rings. The summed E-state index contributed by atoms with van der Waals surface area (Å²) in [7, 11) is 2.14. The number of likely N-dealkylation sites (N-methyl/N-ethyl adjacent to an activating group) is 1. The molecule has 2 unspecified atom stereocenters. The molecule has 12 heavy (non-hydrogen) atoms. The van der Waals surface area contributed by atoms with Gasteiger partial charge in [0.1, 0.15) is 0 Å². The first-order valence-electron chi connectivity index (χ1n) is 4.77. The van der Waals surface area contributed by atoms with Crippen LogP contribution in [0, 0.1) is 5.92 Å². The Kier molecular flexibility index (Phi) is 3.76. The third kappa shape index (κ3) is 2.95. The molecule has 0 radical (unpaired) electrons. The fourth-order valence-electron chi connectivity index (χ4n) is 2.02. The second-order valence-corrected chi connectivity index (χ2v) is 3.95. The third-order valence-corrected chi connectivity index (χ3v) is 2.59. The predicted octanol–water partition coefficient (Wildman–Crippen LogP) is 1.23. The Morgan fingerprint density at radius 1 is 1.58 bits per heavy atom. The molecular formula is C10H20N2. The van der Waals surface area contributed by atoms with E-state index in [1.54, 1.807) is 0 Å². The summed E-state index contributed by atoms with van der Waals surface area (Å²) in [6, 6.07) is 0.465. The van der Waals surface area contributed by atoms with Crippen LogP contribution in [-0.2, 0) is 0 Å². The minimum absolute atomic E-state index is 0.465. The second-order valence-electron chi connectivity index (χ2n) is 3.95. The molecule has 2 N–H and O–H groups in total. The summed E-state index contributed by atoms with van der Waals surface area (Å²) in [5.41, 5.74) is 5.84. The zero-order valence-electron chi connectivity index (χ0n) is 8.00. The van der Waals surface area contributed by atoms with Crippen molar-refractivity contribution in [2.24, 2.45) is 11.7 Å². The smallest absolute Gasteiger partial charge is 0.0157 e. The zero-order valence-corrected chi connectivity index (χ0v) is 8.00. The monoisotopic (exact) mass is 168 g/mol. The molecule has 0 aliphatic heterocycles. The van der Waals surface area contributed by atoms with Crippen molar-refractivity contribution < 1.29 is 0 Å². The molecule has 2 atom stereocenters. The molecule has 2 nitrogen and oxygen atoms in total. The maximum atomic E-state index is 5.84. The standard InChI is InChI=1S/C10H20N2/c1-3-6-12(2)8-9-4-5-10(11)7-9/h3,9-10H,1,4-8,11H2,2H3. The molecule has 1 aliphatic carbocycles. The maximum Gasteiger partial charge on any atom is 0.0157 e. The fourth-order valence-corrected chi connectivity index (χ4v) is 2.02. The Balaban J connectivity index is 2.18. The molecule has 70 valence electrons. The lowest BCUT2D eigenvalue weighted by atomic mass is 10.1. The highest BCUT2D eigenvalue weighted by atomic mass is 15.1. The van der Waals surface area contributed by atoms with Crippen LogP contribution in [0.4, 0.5) is 0 Å². The molecule has 1 saturated carbocycles. The van der Waals surface area contributed by atoms with E-state index >= 15 is 0 Å². The van der Waals surface area contributed by atoms with Gasteiger partial charge in [-0.15, -0.1) is 6.58 Å². The third-order valence-electron chi connectivity index (χ3n) is 2.59.